The molecular formula is C14H26O2. The Bertz CT molecular complexity index is 246. The number of hydrogen-bond donors (Lipinski definition) is 0. The van der Waals surface area contributed by atoms with E-state index in [1.807, 2.05) is 41.5 Å². The molecule has 0 aromatic heterocycles. The summed E-state index contributed by atoms with van der Waals surface area (Å²) in [4.78, 5) is 24.4. The maximum Gasteiger partial charge on any atom is 0.148 e. The molecule has 2 heteroatoms. The molecule has 0 aliphatic carbocycles. The van der Waals surface area contributed by atoms with Crippen LogP contribution in [-0.4, -0.2) is 11.6 Å². The van der Waals surface area contributed by atoms with E-state index in [2.05, 4.69) is 0 Å². The van der Waals surface area contributed by atoms with Crippen LogP contribution >= 0.6 is 0 Å². The monoisotopic (exact) mass is 226 g/mol. The fraction of sp³-hybridized carbons (Fsp3) is 0.857. The van der Waals surface area contributed by atoms with E-state index in [-0.39, 0.29) is 22.4 Å². The lowest BCUT2D eigenvalue weighted by Gasteiger charge is -2.29. The van der Waals surface area contributed by atoms with E-state index in [4.69, 9.17) is 0 Å². The van der Waals surface area contributed by atoms with Gasteiger partial charge in [-0.25, -0.2) is 0 Å². The number of carbonyl (C=O) groups excluding carboxylic acids is 2. The molecule has 0 heterocycles. The summed E-state index contributed by atoms with van der Waals surface area (Å²) in [5.41, 5.74) is -0.780. The third kappa shape index (κ3) is 3.16. The molecule has 16 heavy (non-hydrogen) atoms. The second-order valence-corrected chi connectivity index (χ2v) is 5.93. The van der Waals surface area contributed by atoms with Crippen molar-refractivity contribution >= 4 is 11.6 Å². The Morgan fingerprint density at radius 1 is 0.875 bits per heavy atom. The number of rotatable bonds is 6. The Balaban J connectivity index is 4.90. The van der Waals surface area contributed by atoms with E-state index in [9.17, 15) is 9.59 Å². The highest BCUT2D eigenvalue weighted by Gasteiger charge is 2.38. The molecule has 0 radical (unpaired) electrons. The van der Waals surface area contributed by atoms with Gasteiger partial charge < -0.3 is 0 Å². The molecule has 0 spiro atoms. The Labute approximate surface area is 99.8 Å². The van der Waals surface area contributed by atoms with Crippen molar-refractivity contribution in [3.8, 4) is 0 Å². The number of carbonyl (C=O) groups is 2. The standard InChI is InChI=1S/C14H26O2/c1-8-13(4,5)11(15)10(3)12(16)14(6,7)9-2/h10H,8-9H2,1-7H3. The van der Waals surface area contributed by atoms with Crippen LogP contribution in [0.4, 0.5) is 0 Å². The van der Waals surface area contributed by atoms with Crippen molar-refractivity contribution in [2.24, 2.45) is 16.7 Å². The zero-order valence-corrected chi connectivity index (χ0v) is 11.8. The van der Waals surface area contributed by atoms with Crippen LogP contribution in [0.15, 0.2) is 0 Å². The predicted molar refractivity (Wildman–Crippen MR) is 67.3 cm³/mol. The molecule has 0 aromatic carbocycles. The average molecular weight is 226 g/mol. The second kappa shape index (κ2) is 5.11. The van der Waals surface area contributed by atoms with E-state index in [1.165, 1.54) is 0 Å². The zero-order chi connectivity index (χ0) is 13.1. The van der Waals surface area contributed by atoms with Crippen molar-refractivity contribution in [1.82, 2.24) is 0 Å². The molecule has 0 aliphatic heterocycles. The van der Waals surface area contributed by atoms with Crippen molar-refractivity contribution in [3.63, 3.8) is 0 Å². The molecule has 94 valence electrons. The van der Waals surface area contributed by atoms with Gasteiger partial charge >= 0.3 is 0 Å². The molecule has 0 bridgehead atoms. The lowest BCUT2D eigenvalue weighted by molar-refractivity contribution is -0.141. The lowest BCUT2D eigenvalue weighted by atomic mass is 9.72. The Morgan fingerprint density at radius 2 is 1.12 bits per heavy atom. The molecule has 0 aliphatic rings. The van der Waals surface area contributed by atoms with Gasteiger partial charge in [0.1, 0.15) is 11.6 Å². The maximum atomic E-state index is 12.2. The minimum absolute atomic E-state index is 0.0709. The summed E-state index contributed by atoms with van der Waals surface area (Å²) in [6.45, 7) is 13.4. The molecule has 0 aromatic rings. The fourth-order valence-corrected chi connectivity index (χ4v) is 1.64. The largest absolute Gasteiger partial charge is 0.298 e. The fourth-order valence-electron chi connectivity index (χ4n) is 1.64. The van der Waals surface area contributed by atoms with Crippen molar-refractivity contribution in [2.75, 3.05) is 0 Å². The first-order valence-corrected chi connectivity index (χ1v) is 6.18. The Kier molecular flexibility index (Phi) is 4.90. The summed E-state index contributed by atoms with van der Waals surface area (Å²) in [6.07, 6.45) is 1.55. The third-order valence-corrected chi connectivity index (χ3v) is 3.89. The van der Waals surface area contributed by atoms with E-state index in [0.29, 0.717) is 0 Å². The van der Waals surface area contributed by atoms with Crippen LogP contribution in [-0.2, 0) is 9.59 Å². The van der Waals surface area contributed by atoms with E-state index in [0.717, 1.165) is 12.8 Å². The molecule has 0 atom stereocenters. The van der Waals surface area contributed by atoms with Crippen molar-refractivity contribution in [2.45, 2.75) is 61.3 Å². The van der Waals surface area contributed by atoms with Crippen LogP contribution < -0.4 is 0 Å². The van der Waals surface area contributed by atoms with Gasteiger partial charge in [0.05, 0.1) is 5.92 Å². The van der Waals surface area contributed by atoms with Crippen LogP contribution in [0.1, 0.15) is 61.3 Å². The van der Waals surface area contributed by atoms with Gasteiger partial charge in [-0.1, -0.05) is 41.5 Å². The van der Waals surface area contributed by atoms with Crippen LogP contribution in [0.5, 0.6) is 0 Å². The number of ketones is 2. The van der Waals surface area contributed by atoms with Gasteiger partial charge in [-0.3, -0.25) is 9.59 Å². The van der Waals surface area contributed by atoms with Gasteiger partial charge in [0.25, 0.3) is 0 Å². The predicted octanol–water partition coefficient (Wildman–Crippen LogP) is 3.63. The summed E-state index contributed by atoms with van der Waals surface area (Å²) in [5, 5.41) is 0. The molecule has 2 nitrogen and oxygen atoms in total. The summed E-state index contributed by atoms with van der Waals surface area (Å²) in [5.74, 6) is -0.340. The molecule has 0 unspecified atom stereocenters. The van der Waals surface area contributed by atoms with Crippen LogP contribution in [0.3, 0.4) is 0 Å². The van der Waals surface area contributed by atoms with Gasteiger partial charge in [0.2, 0.25) is 0 Å². The minimum Gasteiger partial charge on any atom is -0.298 e. The minimum atomic E-state index is -0.482. The average Bonchev–Trinajstić information content (AvgIpc) is 2.25. The molecule has 0 amide bonds. The normalized spacial score (nSPS) is 13.0. The summed E-state index contributed by atoms with van der Waals surface area (Å²) in [6, 6.07) is 0. The first kappa shape index (κ1) is 15.3. The number of hydrogen-bond acceptors (Lipinski definition) is 2. The SMILES string of the molecule is CCC(C)(C)C(=O)C(C)C(=O)C(C)(C)CC. The van der Waals surface area contributed by atoms with Crippen molar-refractivity contribution in [3.05, 3.63) is 0 Å². The molecular weight excluding hydrogens is 200 g/mol. The van der Waals surface area contributed by atoms with Crippen LogP contribution in [0.25, 0.3) is 0 Å². The molecule has 0 N–H and O–H groups in total. The second-order valence-electron chi connectivity index (χ2n) is 5.93. The van der Waals surface area contributed by atoms with Crippen LogP contribution in [0, 0.1) is 16.7 Å². The van der Waals surface area contributed by atoms with Gasteiger partial charge in [-0.05, 0) is 19.8 Å². The van der Waals surface area contributed by atoms with E-state index < -0.39 is 5.92 Å². The summed E-state index contributed by atoms with van der Waals surface area (Å²) < 4.78 is 0. The van der Waals surface area contributed by atoms with E-state index in [1.54, 1.807) is 6.92 Å². The highest BCUT2D eigenvalue weighted by Crippen LogP contribution is 2.31. The summed E-state index contributed by atoms with van der Waals surface area (Å²) in [7, 11) is 0. The highest BCUT2D eigenvalue weighted by molar-refractivity contribution is 6.06. The van der Waals surface area contributed by atoms with Gasteiger partial charge in [0.15, 0.2) is 0 Å². The van der Waals surface area contributed by atoms with E-state index >= 15 is 0 Å². The Hall–Kier alpha value is -0.660. The van der Waals surface area contributed by atoms with Crippen molar-refractivity contribution in [1.29, 1.82) is 0 Å². The molecule has 0 saturated carbocycles. The zero-order valence-electron chi connectivity index (χ0n) is 11.8. The molecule has 0 fully saturated rings. The van der Waals surface area contributed by atoms with Crippen molar-refractivity contribution < 1.29 is 9.59 Å². The smallest absolute Gasteiger partial charge is 0.148 e. The first-order valence-electron chi connectivity index (χ1n) is 6.18. The molecule has 0 saturated heterocycles. The van der Waals surface area contributed by atoms with Gasteiger partial charge in [0, 0.05) is 10.8 Å². The van der Waals surface area contributed by atoms with Crippen LogP contribution in [0.2, 0.25) is 0 Å². The molecule has 0 rings (SSSR count). The summed E-state index contributed by atoms with van der Waals surface area (Å²) >= 11 is 0. The topological polar surface area (TPSA) is 34.1 Å². The van der Waals surface area contributed by atoms with Gasteiger partial charge in [-0.2, -0.15) is 0 Å². The van der Waals surface area contributed by atoms with Gasteiger partial charge in [-0.15, -0.1) is 0 Å². The Morgan fingerprint density at radius 3 is 1.31 bits per heavy atom. The first-order chi connectivity index (χ1) is 7.10. The third-order valence-electron chi connectivity index (χ3n) is 3.89. The lowest BCUT2D eigenvalue weighted by Crippen LogP contribution is -2.39. The quantitative estimate of drug-likeness (QED) is 0.648. The maximum absolute atomic E-state index is 12.2. The number of Topliss-reactive ketones (excluding diaryl/α,β-unsaturated/α-hetero) is 2. The highest BCUT2D eigenvalue weighted by atomic mass is 16.2.